The van der Waals surface area contributed by atoms with Gasteiger partial charge in [-0.3, -0.25) is 9.59 Å². The first-order valence-corrected chi connectivity index (χ1v) is 13.0. The fraction of sp³-hybridized carbons (Fsp3) is 0.538. The Morgan fingerprint density at radius 2 is 1.95 bits per heavy atom. The minimum Gasteiger partial charge on any atom is -0.489 e. The van der Waals surface area contributed by atoms with Crippen molar-refractivity contribution in [2.75, 3.05) is 19.7 Å². The van der Waals surface area contributed by atoms with Crippen molar-refractivity contribution < 1.29 is 41.8 Å². The molecule has 1 aliphatic heterocycles. The second-order valence-corrected chi connectivity index (χ2v) is 10.1. The number of hydrogen-bond acceptors (Lipinski definition) is 8. The summed E-state index contributed by atoms with van der Waals surface area (Å²) in [4.78, 5) is 43.1. The molecule has 2 aliphatic carbocycles. The highest BCUT2D eigenvalue weighted by atomic mass is 19.3. The molecule has 13 heteroatoms. The fourth-order valence-corrected chi connectivity index (χ4v) is 4.48. The van der Waals surface area contributed by atoms with Crippen LogP contribution in [0, 0.1) is 11.8 Å². The van der Waals surface area contributed by atoms with Gasteiger partial charge in [0.2, 0.25) is 11.8 Å². The molecule has 1 aromatic heterocycles. The number of oxazole rings is 1. The van der Waals surface area contributed by atoms with E-state index >= 15 is 0 Å². The van der Waals surface area contributed by atoms with Crippen LogP contribution in [0.5, 0.6) is 11.5 Å². The number of amides is 3. The monoisotopic (exact) mass is 548 g/mol. The maximum absolute atomic E-state index is 13.3. The van der Waals surface area contributed by atoms with E-state index in [9.17, 15) is 23.2 Å². The summed E-state index contributed by atoms with van der Waals surface area (Å²) in [7, 11) is 0. The van der Waals surface area contributed by atoms with Gasteiger partial charge in [0.05, 0.1) is 6.61 Å². The lowest BCUT2D eigenvalue weighted by Gasteiger charge is -2.17. The molecule has 39 heavy (non-hydrogen) atoms. The van der Waals surface area contributed by atoms with Crippen LogP contribution in [-0.4, -0.2) is 60.1 Å². The molecule has 0 unspecified atom stereocenters. The minimum absolute atomic E-state index is 0.0214. The average molecular weight is 549 g/mol. The van der Waals surface area contributed by atoms with E-state index in [1.165, 1.54) is 25.1 Å². The van der Waals surface area contributed by atoms with E-state index < -0.39 is 24.7 Å². The van der Waals surface area contributed by atoms with Crippen LogP contribution in [0.4, 0.5) is 13.6 Å². The number of rotatable bonds is 11. The van der Waals surface area contributed by atoms with Gasteiger partial charge in [0, 0.05) is 30.6 Å². The number of nitrogens with two attached hydrogens (primary N) is 1. The molecular weight excluding hydrogens is 518 g/mol. The first-order valence-electron chi connectivity index (χ1n) is 13.0. The molecule has 1 saturated heterocycles. The van der Waals surface area contributed by atoms with Gasteiger partial charge in [0.15, 0.2) is 29.1 Å². The predicted molar refractivity (Wildman–Crippen MR) is 131 cm³/mol. The SMILES string of the molecule is C[C@H](OC(N)=O)c1oc(-c2ccc(OC(F)F)c(OCC3CC3)c2)nc1C(=O)N[C@@H]1CCN(C(=O)C2CC2)C1. The molecule has 0 spiro atoms. The summed E-state index contributed by atoms with van der Waals surface area (Å²) < 4.78 is 47.0. The Morgan fingerprint density at radius 1 is 1.18 bits per heavy atom. The van der Waals surface area contributed by atoms with Gasteiger partial charge in [0.1, 0.15) is 0 Å². The average Bonchev–Trinajstić information content (AvgIpc) is 3.81. The number of carbonyl (C=O) groups is 3. The van der Waals surface area contributed by atoms with E-state index in [-0.39, 0.29) is 46.7 Å². The molecule has 0 bridgehead atoms. The predicted octanol–water partition coefficient (Wildman–Crippen LogP) is 3.63. The minimum atomic E-state index is -3.04. The highest BCUT2D eigenvalue weighted by Gasteiger charge is 2.37. The molecule has 3 amide bonds. The van der Waals surface area contributed by atoms with Crippen LogP contribution in [-0.2, 0) is 9.53 Å². The lowest BCUT2D eigenvalue weighted by molar-refractivity contribution is -0.131. The van der Waals surface area contributed by atoms with Crippen LogP contribution in [0.2, 0.25) is 0 Å². The highest BCUT2D eigenvalue weighted by Crippen LogP contribution is 2.37. The molecule has 3 aliphatic rings. The van der Waals surface area contributed by atoms with Gasteiger partial charge in [-0.15, -0.1) is 0 Å². The van der Waals surface area contributed by atoms with Gasteiger partial charge < -0.3 is 34.6 Å². The number of aromatic nitrogens is 1. The van der Waals surface area contributed by atoms with Crippen LogP contribution in [0.25, 0.3) is 11.5 Å². The van der Waals surface area contributed by atoms with E-state index in [2.05, 4.69) is 15.0 Å². The first kappa shape index (κ1) is 26.7. The zero-order valence-corrected chi connectivity index (χ0v) is 21.4. The number of nitrogens with one attached hydrogen (secondary N) is 1. The summed E-state index contributed by atoms with van der Waals surface area (Å²) in [5, 5.41) is 2.88. The van der Waals surface area contributed by atoms with Crippen molar-refractivity contribution >= 4 is 17.9 Å². The maximum atomic E-state index is 13.3. The number of nitrogens with zero attached hydrogens (tertiary/aromatic N) is 2. The van der Waals surface area contributed by atoms with Gasteiger partial charge in [0.25, 0.3) is 5.91 Å². The highest BCUT2D eigenvalue weighted by molar-refractivity contribution is 5.94. The molecule has 2 heterocycles. The normalized spacial score (nSPS) is 19.6. The Balaban J connectivity index is 1.38. The van der Waals surface area contributed by atoms with E-state index in [1.54, 1.807) is 4.90 Å². The molecule has 2 aromatic rings. The number of hydrogen-bond donors (Lipinski definition) is 2. The van der Waals surface area contributed by atoms with Crippen LogP contribution >= 0.6 is 0 Å². The lowest BCUT2D eigenvalue weighted by atomic mass is 10.2. The van der Waals surface area contributed by atoms with Crippen LogP contribution in [0.15, 0.2) is 22.6 Å². The number of carbonyl (C=O) groups excluding carboxylic acids is 3. The number of ether oxygens (including phenoxy) is 3. The lowest BCUT2D eigenvalue weighted by Crippen LogP contribution is -2.39. The molecule has 0 radical (unpaired) electrons. The van der Waals surface area contributed by atoms with E-state index in [0.29, 0.717) is 37.6 Å². The molecule has 210 valence electrons. The van der Waals surface area contributed by atoms with Crippen LogP contribution in [0.3, 0.4) is 0 Å². The molecule has 2 atom stereocenters. The number of likely N-dealkylation sites (tertiary alicyclic amines) is 1. The third-order valence-corrected chi connectivity index (χ3v) is 6.87. The zero-order valence-electron chi connectivity index (χ0n) is 21.4. The summed E-state index contributed by atoms with van der Waals surface area (Å²) in [5.74, 6) is -0.145. The number of halogens is 2. The number of alkyl halides is 2. The van der Waals surface area contributed by atoms with Crippen molar-refractivity contribution in [3.8, 4) is 23.0 Å². The summed E-state index contributed by atoms with van der Waals surface area (Å²) in [6.45, 7) is -0.280. The molecule has 5 rings (SSSR count). The van der Waals surface area contributed by atoms with Gasteiger partial charge >= 0.3 is 12.7 Å². The van der Waals surface area contributed by atoms with Crippen LogP contribution < -0.4 is 20.5 Å². The Bertz CT molecular complexity index is 1240. The molecule has 1 aromatic carbocycles. The van der Waals surface area contributed by atoms with Crippen molar-refractivity contribution in [2.24, 2.45) is 17.6 Å². The smallest absolute Gasteiger partial charge is 0.405 e. The fourth-order valence-electron chi connectivity index (χ4n) is 4.48. The Morgan fingerprint density at radius 3 is 2.62 bits per heavy atom. The second kappa shape index (κ2) is 11.1. The van der Waals surface area contributed by atoms with Gasteiger partial charge in [-0.05, 0) is 63.1 Å². The van der Waals surface area contributed by atoms with E-state index in [4.69, 9.17) is 19.6 Å². The quantitative estimate of drug-likeness (QED) is 0.433. The van der Waals surface area contributed by atoms with Crippen molar-refractivity contribution in [1.29, 1.82) is 0 Å². The standard InChI is InChI=1S/C26H30F2N4O7/c1-13(37-26(29)35)21-20(22(33)30-17-8-9-32(11-17)24(34)15-4-5-15)31-23(39-21)16-6-7-18(38-25(27)28)19(10-16)36-12-14-2-3-14/h6-7,10,13-15,17,25H,2-5,8-9,11-12H2,1H3,(H2,29,35)(H,30,33)/t13-,17+/m0/s1. The first-order chi connectivity index (χ1) is 18.7. The largest absolute Gasteiger partial charge is 0.489 e. The third-order valence-electron chi connectivity index (χ3n) is 6.87. The van der Waals surface area contributed by atoms with Crippen LogP contribution in [0.1, 0.15) is 61.4 Å². The molecule has 3 fully saturated rings. The summed E-state index contributed by atoms with van der Waals surface area (Å²) >= 11 is 0. The van der Waals surface area contributed by atoms with Crippen molar-refractivity contribution in [2.45, 2.75) is 57.8 Å². The number of primary amides is 1. The summed E-state index contributed by atoms with van der Waals surface area (Å²) in [6, 6.07) is 3.90. The zero-order chi connectivity index (χ0) is 27.7. The van der Waals surface area contributed by atoms with Gasteiger partial charge in [-0.1, -0.05) is 0 Å². The second-order valence-electron chi connectivity index (χ2n) is 10.1. The topological polar surface area (TPSA) is 146 Å². The molecular formula is C26H30F2N4O7. The van der Waals surface area contributed by atoms with Gasteiger partial charge in [-0.25, -0.2) is 9.78 Å². The summed E-state index contributed by atoms with van der Waals surface area (Å²) in [6.07, 6.45) is 2.27. The van der Waals surface area contributed by atoms with Crippen molar-refractivity contribution in [3.05, 3.63) is 29.7 Å². The van der Waals surface area contributed by atoms with Crippen molar-refractivity contribution in [3.63, 3.8) is 0 Å². The molecule has 3 N–H and O–H groups in total. The van der Waals surface area contributed by atoms with Gasteiger partial charge in [-0.2, -0.15) is 8.78 Å². The molecule has 2 saturated carbocycles. The maximum Gasteiger partial charge on any atom is 0.405 e. The third kappa shape index (κ3) is 6.58. The molecule has 11 nitrogen and oxygen atoms in total. The van der Waals surface area contributed by atoms with E-state index in [0.717, 1.165) is 25.7 Å². The Hall–Kier alpha value is -3.90. The van der Waals surface area contributed by atoms with Crippen molar-refractivity contribution in [1.82, 2.24) is 15.2 Å². The Labute approximate surface area is 222 Å². The van der Waals surface area contributed by atoms with E-state index in [1.807, 2.05) is 0 Å². The Kier molecular flexibility index (Phi) is 7.58. The summed E-state index contributed by atoms with van der Waals surface area (Å²) in [5.41, 5.74) is 5.37. The number of benzene rings is 1.